The Labute approximate surface area is 201 Å². The molecule has 0 aliphatic carbocycles. The van der Waals surface area contributed by atoms with E-state index >= 15 is 0 Å². The molecule has 4 aromatic rings. The maximum absolute atomic E-state index is 14.6. The van der Waals surface area contributed by atoms with E-state index in [1.54, 1.807) is 6.07 Å². The van der Waals surface area contributed by atoms with Gasteiger partial charge in [-0.1, -0.05) is 6.92 Å². The molecule has 3 heterocycles. The van der Waals surface area contributed by atoms with E-state index in [0.717, 1.165) is 6.07 Å². The van der Waals surface area contributed by atoms with Crippen molar-refractivity contribution in [1.29, 1.82) is 0 Å². The monoisotopic (exact) mass is 562 g/mol. The summed E-state index contributed by atoms with van der Waals surface area (Å²) in [5.74, 6) is -1.17. The van der Waals surface area contributed by atoms with Crippen LogP contribution in [-0.4, -0.2) is 25.7 Å². The van der Waals surface area contributed by atoms with E-state index < -0.39 is 17.5 Å². The van der Waals surface area contributed by atoms with Crippen LogP contribution in [0.5, 0.6) is 11.5 Å². The van der Waals surface area contributed by atoms with E-state index in [9.17, 15) is 13.6 Å². The number of ether oxygens (including phenoxy) is 1. The van der Waals surface area contributed by atoms with E-state index in [-0.39, 0.29) is 28.6 Å². The smallest absolute Gasteiger partial charge is 0.259 e. The van der Waals surface area contributed by atoms with Crippen molar-refractivity contribution in [3.8, 4) is 17.3 Å². The van der Waals surface area contributed by atoms with E-state index in [1.807, 2.05) is 29.5 Å². The van der Waals surface area contributed by atoms with Crippen LogP contribution in [0.25, 0.3) is 5.82 Å². The zero-order valence-corrected chi connectivity index (χ0v) is 19.4. The van der Waals surface area contributed by atoms with Gasteiger partial charge in [0, 0.05) is 30.2 Å². The molecule has 0 unspecified atom stereocenters. The van der Waals surface area contributed by atoms with Crippen molar-refractivity contribution in [3.05, 3.63) is 81.5 Å². The van der Waals surface area contributed by atoms with Gasteiger partial charge in [0.15, 0.2) is 23.2 Å². The first kappa shape index (κ1) is 22.6. The van der Waals surface area contributed by atoms with Crippen LogP contribution in [0.15, 0.2) is 55.0 Å². The van der Waals surface area contributed by atoms with Gasteiger partial charge in [0.1, 0.15) is 11.6 Å². The third-order valence-electron chi connectivity index (χ3n) is 4.68. The highest BCUT2D eigenvalue weighted by atomic mass is 127. The lowest BCUT2D eigenvalue weighted by Crippen LogP contribution is -2.15. The molecule has 0 radical (unpaired) electrons. The fraction of sp³-hybridized carbons (Fsp3) is 0.0909. The second-order valence-corrected chi connectivity index (χ2v) is 7.87. The molecule has 8 nitrogen and oxygen atoms in total. The Bertz CT molecular complexity index is 1340. The zero-order chi connectivity index (χ0) is 23.5. The lowest BCUT2D eigenvalue weighted by Gasteiger charge is -2.11. The molecule has 0 aliphatic heterocycles. The van der Waals surface area contributed by atoms with Crippen molar-refractivity contribution in [2.75, 3.05) is 11.1 Å². The molecular weight excluding hydrogens is 545 g/mol. The first-order valence-electron chi connectivity index (χ1n) is 9.75. The number of hydrogen-bond acceptors (Lipinski definition) is 6. The number of nitrogens with one attached hydrogen (secondary N) is 1. The molecule has 0 fully saturated rings. The van der Waals surface area contributed by atoms with Crippen LogP contribution in [0.1, 0.15) is 23.0 Å². The van der Waals surface area contributed by atoms with Crippen molar-refractivity contribution in [2.45, 2.75) is 13.3 Å². The van der Waals surface area contributed by atoms with Crippen molar-refractivity contribution in [1.82, 2.24) is 19.7 Å². The third kappa shape index (κ3) is 4.62. The number of nitrogen functional groups attached to an aromatic ring is 1. The van der Waals surface area contributed by atoms with Gasteiger partial charge in [0.25, 0.3) is 5.91 Å². The summed E-state index contributed by atoms with van der Waals surface area (Å²) < 4.78 is 36.2. The number of aromatic nitrogens is 4. The minimum absolute atomic E-state index is 0.00710. The predicted molar refractivity (Wildman–Crippen MR) is 126 cm³/mol. The Kier molecular flexibility index (Phi) is 6.49. The van der Waals surface area contributed by atoms with Crippen LogP contribution in [0, 0.1) is 15.2 Å². The van der Waals surface area contributed by atoms with Gasteiger partial charge >= 0.3 is 0 Å². The average Bonchev–Trinajstić information content (AvgIpc) is 3.23. The molecule has 168 valence electrons. The van der Waals surface area contributed by atoms with Crippen molar-refractivity contribution in [3.63, 3.8) is 0 Å². The topological polar surface area (TPSA) is 108 Å². The lowest BCUT2D eigenvalue weighted by atomic mass is 10.2. The summed E-state index contributed by atoms with van der Waals surface area (Å²) >= 11 is 1.96. The third-order valence-corrected chi connectivity index (χ3v) is 5.76. The summed E-state index contributed by atoms with van der Waals surface area (Å²) in [7, 11) is 0. The summed E-state index contributed by atoms with van der Waals surface area (Å²) in [5.41, 5.74) is 6.66. The SMILES string of the molecule is CCc1c(C(=O)Nc2ccc(Oc3ccnc(N)c3I)c(F)c2)cnn1-c1ncccc1F. The first-order valence-corrected chi connectivity index (χ1v) is 10.8. The highest BCUT2D eigenvalue weighted by Gasteiger charge is 2.20. The number of carbonyl (C=O) groups excluding carboxylic acids is 1. The number of carbonyl (C=O) groups is 1. The van der Waals surface area contributed by atoms with Crippen molar-refractivity contribution in [2.24, 2.45) is 0 Å². The molecule has 33 heavy (non-hydrogen) atoms. The molecule has 3 aromatic heterocycles. The number of hydrogen-bond donors (Lipinski definition) is 2. The van der Waals surface area contributed by atoms with Crippen LogP contribution in [0.2, 0.25) is 0 Å². The van der Waals surface area contributed by atoms with Gasteiger partial charge in [0.2, 0.25) is 0 Å². The minimum atomic E-state index is -0.680. The predicted octanol–water partition coefficient (Wildman–Crippen LogP) is 4.73. The summed E-state index contributed by atoms with van der Waals surface area (Å²) in [6, 6.07) is 8.33. The summed E-state index contributed by atoms with van der Waals surface area (Å²) in [5, 5.41) is 6.75. The number of nitrogens with two attached hydrogens (primary N) is 1. The van der Waals surface area contributed by atoms with Crippen LogP contribution in [0.4, 0.5) is 20.3 Å². The normalized spacial score (nSPS) is 10.8. The molecule has 0 atom stereocenters. The molecule has 1 aromatic carbocycles. The van der Waals surface area contributed by atoms with E-state index in [0.29, 0.717) is 21.4 Å². The van der Waals surface area contributed by atoms with Crippen LogP contribution in [0.3, 0.4) is 0 Å². The fourth-order valence-electron chi connectivity index (χ4n) is 3.12. The Morgan fingerprint density at radius 2 is 1.97 bits per heavy atom. The number of rotatable bonds is 6. The van der Waals surface area contributed by atoms with Crippen molar-refractivity contribution < 1.29 is 18.3 Å². The van der Waals surface area contributed by atoms with E-state index in [4.69, 9.17) is 10.5 Å². The number of anilines is 2. The largest absolute Gasteiger partial charge is 0.453 e. The molecule has 0 saturated heterocycles. The maximum Gasteiger partial charge on any atom is 0.259 e. The maximum atomic E-state index is 14.6. The first-order chi connectivity index (χ1) is 15.9. The number of pyridine rings is 2. The van der Waals surface area contributed by atoms with E-state index in [2.05, 4.69) is 20.4 Å². The molecular formula is C22H17F2IN6O2. The highest BCUT2D eigenvalue weighted by Crippen LogP contribution is 2.31. The summed E-state index contributed by atoms with van der Waals surface area (Å²) in [6.45, 7) is 1.81. The average molecular weight is 562 g/mol. The molecule has 1 amide bonds. The molecule has 0 bridgehead atoms. The van der Waals surface area contributed by atoms with Gasteiger partial charge in [-0.2, -0.15) is 5.10 Å². The Hall–Kier alpha value is -3.61. The Balaban J connectivity index is 1.55. The second kappa shape index (κ2) is 9.48. The lowest BCUT2D eigenvalue weighted by molar-refractivity contribution is 0.102. The Morgan fingerprint density at radius 3 is 2.70 bits per heavy atom. The van der Waals surface area contributed by atoms with Gasteiger partial charge in [0.05, 0.1) is 21.0 Å². The van der Waals surface area contributed by atoms with Gasteiger partial charge in [-0.15, -0.1) is 0 Å². The molecule has 3 N–H and O–H groups in total. The van der Waals surface area contributed by atoms with Gasteiger partial charge < -0.3 is 15.8 Å². The number of nitrogens with zero attached hydrogens (tertiary/aromatic N) is 4. The quantitative estimate of drug-likeness (QED) is 0.329. The van der Waals surface area contributed by atoms with Gasteiger partial charge in [-0.25, -0.2) is 23.4 Å². The van der Waals surface area contributed by atoms with E-state index in [1.165, 1.54) is 47.5 Å². The minimum Gasteiger partial charge on any atom is -0.453 e. The summed E-state index contributed by atoms with van der Waals surface area (Å²) in [4.78, 5) is 20.8. The fourth-order valence-corrected chi connectivity index (χ4v) is 3.55. The van der Waals surface area contributed by atoms with Crippen molar-refractivity contribution >= 4 is 40.0 Å². The standard InChI is InChI=1S/C22H17F2IN6O2/c1-2-16-13(11-29-31(16)21-14(23)4-3-8-28-21)22(32)30-12-5-6-17(15(24)10-12)33-18-7-9-27-20(26)19(18)25/h3-11H,2H2,1H3,(H2,26,27)(H,30,32). The number of halogens is 3. The highest BCUT2D eigenvalue weighted by molar-refractivity contribution is 14.1. The molecule has 4 rings (SSSR count). The van der Waals surface area contributed by atoms with Crippen LogP contribution in [-0.2, 0) is 6.42 Å². The van der Waals surface area contributed by atoms with Crippen LogP contribution >= 0.6 is 22.6 Å². The molecule has 0 saturated carbocycles. The summed E-state index contributed by atoms with van der Waals surface area (Å²) in [6.07, 6.45) is 4.62. The zero-order valence-electron chi connectivity index (χ0n) is 17.2. The number of benzene rings is 1. The second-order valence-electron chi connectivity index (χ2n) is 6.79. The van der Waals surface area contributed by atoms with Gasteiger partial charge in [-0.3, -0.25) is 4.79 Å². The Morgan fingerprint density at radius 1 is 1.15 bits per heavy atom. The molecule has 0 aliphatic rings. The van der Waals surface area contributed by atoms with Crippen LogP contribution < -0.4 is 15.8 Å². The van der Waals surface area contributed by atoms with Gasteiger partial charge in [-0.05, 0) is 53.3 Å². The molecule has 11 heteroatoms. The molecule has 0 spiro atoms. The number of amides is 1.